The number of hydrogen-bond donors (Lipinski definition) is 1. The summed E-state index contributed by atoms with van der Waals surface area (Å²) in [6, 6.07) is 6.74. The van der Waals surface area contributed by atoms with Crippen molar-refractivity contribution in [3.8, 4) is 0 Å². The molecular formula is C16H21FN2O. The molecule has 2 fully saturated rings. The van der Waals surface area contributed by atoms with E-state index in [2.05, 4.69) is 12.2 Å². The van der Waals surface area contributed by atoms with Crippen LogP contribution in [0.1, 0.15) is 44.3 Å². The molecular weight excluding hydrogens is 255 g/mol. The van der Waals surface area contributed by atoms with Crippen LogP contribution in [0, 0.1) is 11.7 Å². The number of carbonyl (C=O) groups is 1. The summed E-state index contributed by atoms with van der Waals surface area (Å²) in [6.45, 7) is 2.52. The SMILES string of the molecule is CCC(CC1CC1)N1C(=O)CNC1c1ccc(F)cc1. The van der Waals surface area contributed by atoms with E-state index >= 15 is 0 Å². The zero-order chi connectivity index (χ0) is 14.1. The molecule has 20 heavy (non-hydrogen) atoms. The van der Waals surface area contributed by atoms with E-state index in [-0.39, 0.29) is 17.9 Å². The van der Waals surface area contributed by atoms with Crippen LogP contribution in [0.4, 0.5) is 4.39 Å². The summed E-state index contributed by atoms with van der Waals surface area (Å²) in [5.74, 6) is 0.712. The molecule has 1 aliphatic heterocycles. The quantitative estimate of drug-likeness (QED) is 0.897. The molecule has 1 aromatic rings. The second-order valence-corrected chi connectivity index (χ2v) is 5.88. The lowest BCUT2D eigenvalue weighted by atomic mass is 10.0. The van der Waals surface area contributed by atoms with Crippen LogP contribution in [-0.2, 0) is 4.79 Å². The molecule has 4 heteroatoms. The molecule has 2 atom stereocenters. The molecule has 0 bridgehead atoms. The van der Waals surface area contributed by atoms with Gasteiger partial charge in [0.15, 0.2) is 0 Å². The Bertz CT molecular complexity index is 484. The van der Waals surface area contributed by atoms with Crippen LogP contribution < -0.4 is 5.32 Å². The first-order chi connectivity index (χ1) is 9.69. The van der Waals surface area contributed by atoms with Crippen molar-refractivity contribution in [2.24, 2.45) is 5.92 Å². The second-order valence-electron chi connectivity index (χ2n) is 5.88. The maximum absolute atomic E-state index is 13.1. The number of benzene rings is 1. The highest BCUT2D eigenvalue weighted by molar-refractivity contribution is 5.81. The van der Waals surface area contributed by atoms with Crippen LogP contribution in [0.3, 0.4) is 0 Å². The van der Waals surface area contributed by atoms with Gasteiger partial charge in [0.2, 0.25) is 5.91 Å². The summed E-state index contributed by atoms with van der Waals surface area (Å²) >= 11 is 0. The van der Waals surface area contributed by atoms with E-state index in [1.165, 1.54) is 25.0 Å². The topological polar surface area (TPSA) is 32.3 Å². The minimum atomic E-state index is -0.241. The summed E-state index contributed by atoms with van der Waals surface area (Å²) in [5.41, 5.74) is 0.964. The highest BCUT2D eigenvalue weighted by atomic mass is 19.1. The Morgan fingerprint density at radius 2 is 2.05 bits per heavy atom. The van der Waals surface area contributed by atoms with Gasteiger partial charge in [0.1, 0.15) is 12.0 Å². The van der Waals surface area contributed by atoms with Crippen molar-refractivity contribution < 1.29 is 9.18 Å². The molecule has 1 aliphatic carbocycles. The van der Waals surface area contributed by atoms with Crippen LogP contribution >= 0.6 is 0 Å². The molecule has 1 heterocycles. The molecule has 0 aromatic heterocycles. The van der Waals surface area contributed by atoms with E-state index in [4.69, 9.17) is 0 Å². The van der Waals surface area contributed by atoms with E-state index < -0.39 is 0 Å². The normalized spacial score (nSPS) is 24.2. The predicted molar refractivity (Wildman–Crippen MR) is 75.4 cm³/mol. The van der Waals surface area contributed by atoms with Crippen molar-refractivity contribution in [2.75, 3.05) is 6.54 Å². The lowest BCUT2D eigenvalue weighted by molar-refractivity contribution is -0.130. The Hall–Kier alpha value is -1.42. The van der Waals surface area contributed by atoms with Crippen LogP contribution in [0.25, 0.3) is 0 Å². The van der Waals surface area contributed by atoms with Gasteiger partial charge in [0, 0.05) is 6.04 Å². The monoisotopic (exact) mass is 276 g/mol. The van der Waals surface area contributed by atoms with Crippen LogP contribution in [-0.4, -0.2) is 23.4 Å². The fourth-order valence-corrected chi connectivity index (χ4v) is 3.07. The highest BCUT2D eigenvalue weighted by Gasteiger charge is 2.38. The van der Waals surface area contributed by atoms with E-state index in [9.17, 15) is 9.18 Å². The van der Waals surface area contributed by atoms with Crippen molar-refractivity contribution in [3.05, 3.63) is 35.6 Å². The number of nitrogens with one attached hydrogen (secondary N) is 1. The van der Waals surface area contributed by atoms with Crippen molar-refractivity contribution >= 4 is 5.91 Å². The van der Waals surface area contributed by atoms with Gasteiger partial charge in [-0.05, 0) is 36.5 Å². The Labute approximate surface area is 119 Å². The van der Waals surface area contributed by atoms with Gasteiger partial charge in [-0.2, -0.15) is 0 Å². The maximum atomic E-state index is 13.1. The molecule has 1 saturated carbocycles. The third-order valence-electron chi connectivity index (χ3n) is 4.37. The number of hydrogen-bond acceptors (Lipinski definition) is 2. The van der Waals surface area contributed by atoms with Gasteiger partial charge < -0.3 is 4.90 Å². The van der Waals surface area contributed by atoms with Crippen molar-refractivity contribution in [3.63, 3.8) is 0 Å². The Morgan fingerprint density at radius 1 is 1.35 bits per heavy atom. The first kappa shape index (κ1) is 13.6. The molecule has 3 nitrogen and oxygen atoms in total. The van der Waals surface area contributed by atoms with Crippen molar-refractivity contribution in [2.45, 2.75) is 44.8 Å². The van der Waals surface area contributed by atoms with E-state index in [1.54, 1.807) is 12.1 Å². The summed E-state index contributed by atoms with van der Waals surface area (Å²) < 4.78 is 13.1. The molecule has 2 unspecified atom stereocenters. The van der Waals surface area contributed by atoms with Crippen LogP contribution in [0.15, 0.2) is 24.3 Å². The number of rotatable bonds is 5. The van der Waals surface area contributed by atoms with Gasteiger partial charge in [-0.25, -0.2) is 4.39 Å². The van der Waals surface area contributed by atoms with Crippen LogP contribution in [0.2, 0.25) is 0 Å². The predicted octanol–water partition coefficient (Wildman–Crippen LogP) is 2.83. The first-order valence-electron chi connectivity index (χ1n) is 7.49. The summed E-state index contributed by atoms with van der Waals surface area (Å²) in [6.07, 6.45) is 4.57. The maximum Gasteiger partial charge on any atom is 0.238 e. The summed E-state index contributed by atoms with van der Waals surface area (Å²) in [4.78, 5) is 14.2. The van der Waals surface area contributed by atoms with Crippen LogP contribution in [0.5, 0.6) is 0 Å². The highest BCUT2D eigenvalue weighted by Crippen LogP contribution is 2.37. The minimum absolute atomic E-state index is 0.105. The number of nitrogens with zero attached hydrogens (tertiary/aromatic N) is 1. The average Bonchev–Trinajstić information content (AvgIpc) is 3.19. The largest absolute Gasteiger partial charge is 0.319 e. The van der Waals surface area contributed by atoms with Crippen molar-refractivity contribution in [1.82, 2.24) is 10.2 Å². The first-order valence-corrected chi connectivity index (χ1v) is 7.49. The van der Waals surface area contributed by atoms with Gasteiger partial charge in [0.05, 0.1) is 6.54 Å². The number of halogens is 1. The minimum Gasteiger partial charge on any atom is -0.319 e. The van der Waals surface area contributed by atoms with E-state index in [0.29, 0.717) is 12.6 Å². The Balaban J connectivity index is 1.81. The van der Waals surface area contributed by atoms with Gasteiger partial charge in [-0.1, -0.05) is 31.9 Å². The Kier molecular flexibility index (Phi) is 3.74. The molecule has 0 radical (unpaired) electrons. The smallest absolute Gasteiger partial charge is 0.238 e. The van der Waals surface area contributed by atoms with E-state index in [1.807, 2.05) is 4.90 Å². The van der Waals surface area contributed by atoms with Crippen molar-refractivity contribution in [1.29, 1.82) is 0 Å². The second kappa shape index (κ2) is 5.52. The zero-order valence-electron chi connectivity index (χ0n) is 11.8. The summed E-state index contributed by atoms with van der Waals surface area (Å²) in [7, 11) is 0. The molecule has 1 saturated heterocycles. The zero-order valence-corrected chi connectivity index (χ0v) is 11.8. The standard InChI is InChI=1S/C16H21FN2O/c1-2-14(9-11-3-4-11)19-15(20)10-18-16(19)12-5-7-13(17)8-6-12/h5-8,11,14,16,18H,2-4,9-10H2,1H3. The molecule has 2 aliphatic rings. The third kappa shape index (κ3) is 2.70. The molecule has 1 amide bonds. The fourth-order valence-electron chi connectivity index (χ4n) is 3.07. The average molecular weight is 276 g/mol. The third-order valence-corrected chi connectivity index (χ3v) is 4.37. The lowest BCUT2D eigenvalue weighted by Gasteiger charge is -2.32. The molecule has 1 aromatic carbocycles. The van der Waals surface area contributed by atoms with Gasteiger partial charge in [-0.15, -0.1) is 0 Å². The fraction of sp³-hybridized carbons (Fsp3) is 0.562. The molecule has 0 spiro atoms. The molecule has 1 N–H and O–H groups in total. The van der Waals surface area contributed by atoms with Gasteiger partial charge in [0.25, 0.3) is 0 Å². The number of amides is 1. The number of carbonyl (C=O) groups excluding carboxylic acids is 1. The van der Waals surface area contributed by atoms with Gasteiger partial charge >= 0.3 is 0 Å². The summed E-state index contributed by atoms with van der Waals surface area (Å²) in [5, 5.41) is 3.25. The van der Waals surface area contributed by atoms with E-state index in [0.717, 1.165) is 24.3 Å². The molecule has 108 valence electrons. The van der Waals surface area contributed by atoms with Gasteiger partial charge in [-0.3, -0.25) is 10.1 Å². The molecule has 3 rings (SSSR count). The lowest BCUT2D eigenvalue weighted by Crippen LogP contribution is -2.39. The Morgan fingerprint density at radius 3 is 2.65 bits per heavy atom.